The fraction of sp³-hybridized carbons (Fsp3) is 0.455. The summed E-state index contributed by atoms with van der Waals surface area (Å²) < 4.78 is 0. The number of hydroxylamine groups is 1. The maximum Gasteiger partial charge on any atom is 0.267 e. The highest BCUT2D eigenvalue weighted by molar-refractivity contribution is 7.09. The van der Waals surface area contributed by atoms with Gasteiger partial charge in [0, 0.05) is 11.5 Å². The summed E-state index contributed by atoms with van der Waals surface area (Å²) in [6.45, 7) is 6.46. The molecule has 0 radical (unpaired) electrons. The van der Waals surface area contributed by atoms with Crippen molar-refractivity contribution >= 4 is 23.3 Å². The van der Waals surface area contributed by atoms with Gasteiger partial charge in [-0.2, -0.15) is 0 Å². The molecule has 1 N–H and O–H groups in total. The van der Waals surface area contributed by atoms with Crippen LogP contribution in [0.1, 0.15) is 24.5 Å². The molecule has 0 bridgehead atoms. The average Bonchev–Trinajstić information content (AvgIpc) is 2.61. The Balaban J connectivity index is 2.31. The number of thiazole rings is 1. The van der Waals surface area contributed by atoms with Crippen molar-refractivity contribution in [1.82, 2.24) is 10.5 Å². The van der Waals surface area contributed by atoms with E-state index in [4.69, 9.17) is 4.84 Å². The van der Waals surface area contributed by atoms with Crippen molar-refractivity contribution in [2.45, 2.75) is 20.8 Å². The fourth-order valence-electron chi connectivity index (χ4n) is 0.931. The Labute approximate surface area is 99.3 Å². The molecular weight excluding hydrogens is 224 g/mol. The van der Waals surface area contributed by atoms with Gasteiger partial charge in [-0.1, -0.05) is 13.8 Å². The van der Waals surface area contributed by atoms with Gasteiger partial charge in [0.05, 0.1) is 17.3 Å². The molecule has 0 aromatic carbocycles. The van der Waals surface area contributed by atoms with E-state index in [-0.39, 0.29) is 5.91 Å². The maximum atomic E-state index is 11.3. The minimum atomic E-state index is -0.272. The fourth-order valence-corrected chi connectivity index (χ4v) is 1.51. The van der Waals surface area contributed by atoms with Gasteiger partial charge in [0.2, 0.25) is 0 Å². The minimum Gasteiger partial charge on any atom is -0.273 e. The van der Waals surface area contributed by atoms with Gasteiger partial charge in [-0.25, -0.2) is 10.5 Å². The van der Waals surface area contributed by atoms with Gasteiger partial charge < -0.3 is 0 Å². The number of aryl methyl sites for hydroxylation is 1. The number of carbonyl (C=O) groups excluding carboxylic acids is 1. The standard InChI is InChI=1S/C11H16N2O2S/c1-8(2)6-15-13-11(14)5-4-10-7-16-9(3)12-10/h4-5,7-8H,6H2,1-3H3,(H,13,14)/b5-4+. The predicted molar refractivity (Wildman–Crippen MR) is 64.8 cm³/mol. The molecule has 1 amide bonds. The molecule has 0 saturated heterocycles. The van der Waals surface area contributed by atoms with Crippen molar-refractivity contribution in [1.29, 1.82) is 0 Å². The Morgan fingerprint density at radius 1 is 1.69 bits per heavy atom. The normalized spacial score (nSPS) is 11.2. The molecule has 5 heteroatoms. The molecule has 1 heterocycles. The van der Waals surface area contributed by atoms with Crippen LogP contribution in [0.5, 0.6) is 0 Å². The molecule has 0 aliphatic rings. The quantitative estimate of drug-likeness (QED) is 0.634. The number of amides is 1. The summed E-state index contributed by atoms with van der Waals surface area (Å²) in [4.78, 5) is 20.4. The lowest BCUT2D eigenvalue weighted by atomic mass is 10.2. The first-order valence-electron chi connectivity index (χ1n) is 5.10. The Kier molecular flexibility index (Phi) is 5.14. The number of nitrogens with zero attached hydrogens (tertiary/aromatic N) is 1. The van der Waals surface area contributed by atoms with E-state index in [1.165, 1.54) is 6.08 Å². The average molecular weight is 240 g/mol. The summed E-state index contributed by atoms with van der Waals surface area (Å²) in [6.07, 6.45) is 3.08. The highest BCUT2D eigenvalue weighted by Crippen LogP contribution is 2.08. The van der Waals surface area contributed by atoms with Gasteiger partial charge in [-0.15, -0.1) is 11.3 Å². The van der Waals surface area contributed by atoms with Gasteiger partial charge in [0.1, 0.15) is 0 Å². The van der Waals surface area contributed by atoms with Crippen LogP contribution in [-0.2, 0) is 9.63 Å². The van der Waals surface area contributed by atoms with E-state index in [0.29, 0.717) is 12.5 Å². The molecule has 0 fully saturated rings. The number of nitrogens with one attached hydrogen (secondary N) is 1. The van der Waals surface area contributed by atoms with Crippen LogP contribution in [0.2, 0.25) is 0 Å². The predicted octanol–water partition coefficient (Wildman–Crippen LogP) is 2.17. The van der Waals surface area contributed by atoms with Gasteiger partial charge in [0.25, 0.3) is 5.91 Å². The molecule has 0 aliphatic heterocycles. The number of hydrogen-bond donors (Lipinski definition) is 1. The third-order valence-corrected chi connectivity index (χ3v) is 2.42. The molecule has 16 heavy (non-hydrogen) atoms. The van der Waals surface area contributed by atoms with Crippen LogP contribution in [0.3, 0.4) is 0 Å². The van der Waals surface area contributed by atoms with Crippen LogP contribution < -0.4 is 5.48 Å². The first kappa shape index (κ1) is 12.9. The van der Waals surface area contributed by atoms with Crippen molar-refractivity contribution in [3.63, 3.8) is 0 Å². The Hall–Kier alpha value is -1.20. The van der Waals surface area contributed by atoms with Crippen molar-refractivity contribution in [2.24, 2.45) is 5.92 Å². The van der Waals surface area contributed by atoms with E-state index in [1.54, 1.807) is 17.4 Å². The van der Waals surface area contributed by atoms with E-state index >= 15 is 0 Å². The number of carbonyl (C=O) groups is 1. The highest BCUT2D eigenvalue weighted by Gasteiger charge is 1.98. The third-order valence-electron chi connectivity index (χ3n) is 1.63. The highest BCUT2D eigenvalue weighted by atomic mass is 32.1. The van der Waals surface area contributed by atoms with Gasteiger partial charge >= 0.3 is 0 Å². The first-order valence-corrected chi connectivity index (χ1v) is 5.98. The summed E-state index contributed by atoms with van der Waals surface area (Å²) in [5.74, 6) is 0.122. The summed E-state index contributed by atoms with van der Waals surface area (Å²) >= 11 is 1.55. The van der Waals surface area contributed by atoms with Gasteiger partial charge in [-0.3, -0.25) is 9.63 Å². The lowest BCUT2D eigenvalue weighted by Gasteiger charge is -2.05. The molecule has 0 atom stereocenters. The van der Waals surface area contributed by atoms with Crippen molar-refractivity contribution < 1.29 is 9.63 Å². The van der Waals surface area contributed by atoms with E-state index in [2.05, 4.69) is 10.5 Å². The Morgan fingerprint density at radius 3 is 3.00 bits per heavy atom. The number of hydrogen-bond acceptors (Lipinski definition) is 4. The number of rotatable bonds is 5. The molecule has 0 aliphatic carbocycles. The van der Waals surface area contributed by atoms with Crippen LogP contribution in [0.15, 0.2) is 11.5 Å². The zero-order valence-electron chi connectivity index (χ0n) is 9.69. The van der Waals surface area contributed by atoms with Gasteiger partial charge in [0.15, 0.2) is 0 Å². The molecule has 1 aromatic heterocycles. The van der Waals surface area contributed by atoms with Crippen molar-refractivity contribution in [2.75, 3.05) is 6.61 Å². The lowest BCUT2D eigenvalue weighted by molar-refractivity contribution is -0.129. The third kappa shape index (κ3) is 5.04. The monoisotopic (exact) mass is 240 g/mol. The second-order valence-corrected chi connectivity index (χ2v) is 4.86. The molecule has 0 spiro atoms. The van der Waals surface area contributed by atoms with E-state index in [1.807, 2.05) is 26.2 Å². The Bertz CT molecular complexity index is 372. The lowest BCUT2D eigenvalue weighted by Crippen LogP contribution is -2.23. The SMILES string of the molecule is Cc1nc(/C=C/C(=O)NOCC(C)C)cs1. The topological polar surface area (TPSA) is 51.2 Å². The second-order valence-electron chi connectivity index (χ2n) is 3.80. The molecule has 4 nitrogen and oxygen atoms in total. The summed E-state index contributed by atoms with van der Waals surface area (Å²) in [5.41, 5.74) is 3.13. The summed E-state index contributed by atoms with van der Waals surface area (Å²) in [6, 6.07) is 0. The van der Waals surface area contributed by atoms with E-state index < -0.39 is 0 Å². The molecular formula is C11H16N2O2S. The Morgan fingerprint density at radius 2 is 2.44 bits per heavy atom. The van der Waals surface area contributed by atoms with Gasteiger partial charge in [-0.05, 0) is 18.9 Å². The second kappa shape index (κ2) is 6.40. The van der Waals surface area contributed by atoms with Crippen molar-refractivity contribution in [3.8, 4) is 0 Å². The van der Waals surface area contributed by atoms with E-state index in [9.17, 15) is 4.79 Å². The van der Waals surface area contributed by atoms with Crippen LogP contribution in [0.25, 0.3) is 6.08 Å². The molecule has 88 valence electrons. The zero-order valence-corrected chi connectivity index (χ0v) is 10.5. The van der Waals surface area contributed by atoms with E-state index in [0.717, 1.165) is 10.7 Å². The smallest absolute Gasteiger partial charge is 0.267 e. The molecule has 0 unspecified atom stereocenters. The summed E-state index contributed by atoms with van der Waals surface area (Å²) in [7, 11) is 0. The largest absolute Gasteiger partial charge is 0.273 e. The zero-order chi connectivity index (χ0) is 12.0. The minimum absolute atomic E-state index is 0.272. The molecule has 0 saturated carbocycles. The molecule has 1 aromatic rings. The molecule has 1 rings (SSSR count). The van der Waals surface area contributed by atoms with Crippen molar-refractivity contribution in [3.05, 3.63) is 22.2 Å². The summed E-state index contributed by atoms with van der Waals surface area (Å²) in [5, 5.41) is 2.88. The maximum absolute atomic E-state index is 11.3. The number of aromatic nitrogens is 1. The van der Waals surface area contributed by atoms with Crippen LogP contribution in [-0.4, -0.2) is 17.5 Å². The van der Waals surface area contributed by atoms with Crippen LogP contribution in [0, 0.1) is 12.8 Å². The van der Waals surface area contributed by atoms with Crippen LogP contribution >= 0.6 is 11.3 Å². The first-order chi connectivity index (χ1) is 7.58. The van der Waals surface area contributed by atoms with Crippen LogP contribution in [0.4, 0.5) is 0 Å².